The quantitative estimate of drug-likeness (QED) is 0.714. The number of aliphatic hydroxyl groups is 1. The van der Waals surface area contributed by atoms with Crippen molar-refractivity contribution in [2.24, 2.45) is 11.3 Å². The SMILES string of the molecule is CNC(C1CCC(O)CC1)C(C)(C)C. The van der Waals surface area contributed by atoms with E-state index in [1.807, 2.05) is 0 Å². The Hall–Kier alpha value is -0.0800. The van der Waals surface area contributed by atoms with E-state index in [1.165, 1.54) is 12.8 Å². The monoisotopic (exact) mass is 199 g/mol. The second-order valence-corrected chi connectivity index (χ2v) is 5.70. The lowest BCUT2D eigenvalue weighted by atomic mass is 9.72. The van der Waals surface area contributed by atoms with Crippen LogP contribution in [0, 0.1) is 11.3 Å². The summed E-state index contributed by atoms with van der Waals surface area (Å²) >= 11 is 0. The zero-order valence-electron chi connectivity index (χ0n) is 10.0. The summed E-state index contributed by atoms with van der Waals surface area (Å²) < 4.78 is 0. The molecule has 1 unspecified atom stereocenters. The zero-order valence-corrected chi connectivity index (χ0v) is 10.0. The van der Waals surface area contributed by atoms with Crippen molar-refractivity contribution >= 4 is 0 Å². The highest BCUT2D eigenvalue weighted by Gasteiger charge is 2.33. The van der Waals surface area contributed by atoms with E-state index < -0.39 is 0 Å². The first kappa shape index (κ1) is 12.0. The Bertz CT molecular complexity index is 166. The van der Waals surface area contributed by atoms with Crippen molar-refractivity contribution < 1.29 is 5.11 Å². The van der Waals surface area contributed by atoms with Crippen LogP contribution in [0.15, 0.2) is 0 Å². The Balaban J connectivity index is 2.54. The fraction of sp³-hybridized carbons (Fsp3) is 1.00. The molecule has 0 spiro atoms. The molecule has 0 aromatic heterocycles. The van der Waals surface area contributed by atoms with Crippen molar-refractivity contribution in [3.05, 3.63) is 0 Å². The highest BCUT2D eigenvalue weighted by Crippen LogP contribution is 2.34. The fourth-order valence-corrected chi connectivity index (χ4v) is 2.81. The molecule has 0 radical (unpaired) electrons. The summed E-state index contributed by atoms with van der Waals surface area (Å²) in [4.78, 5) is 0. The molecule has 1 saturated carbocycles. The molecule has 0 heterocycles. The van der Waals surface area contributed by atoms with Gasteiger partial charge in [0.15, 0.2) is 0 Å². The van der Waals surface area contributed by atoms with Crippen molar-refractivity contribution in [2.45, 2.75) is 58.6 Å². The van der Waals surface area contributed by atoms with E-state index in [0.717, 1.165) is 18.8 Å². The molecule has 1 rings (SSSR count). The van der Waals surface area contributed by atoms with Gasteiger partial charge in [0.2, 0.25) is 0 Å². The Morgan fingerprint density at radius 1 is 1.14 bits per heavy atom. The molecule has 0 amide bonds. The van der Waals surface area contributed by atoms with Crippen molar-refractivity contribution in [1.29, 1.82) is 0 Å². The summed E-state index contributed by atoms with van der Waals surface area (Å²) in [5, 5.41) is 12.9. The van der Waals surface area contributed by atoms with E-state index in [2.05, 4.69) is 33.1 Å². The fourth-order valence-electron chi connectivity index (χ4n) is 2.81. The van der Waals surface area contributed by atoms with Gasteiger partial charge in [0.05, 0.1) is 6.10 Å². The van der Waals surface area contributed by atoms with E-state index >= 15 is 0 Å². The summed E-state index contributed by atoms with van der Waals surface area (Å²) in [6.45, 7) is 6.87. The minimum atomic E-state index is -0.0382. The van der Waals surface area contributed by atoms with Crippen molar-refractivity contribution in [3.8, 4) is 0 Å². The molecule has 0 aliphatic heterocycles. The van der Waals surface area contributed by atoms with Gasteiger partial charge in [-0.25, -0.2) is 0 Å². The van der Waals surface area contributed by atoms with Gasteiger partial charge in [-0.15, -0.1) is 0 Å². The number of aliphatic hydroxyl groups excluding tert-OH is 1. The Morgan fingerprint density at radius 2 is 1.64 bits per heavy atom. The summed E-state index contributed by atoms with van der Waals surface area (Å²) in [6, 6.07) is 0.579. The van der Waals surface area contributed by atoms with Crippen LogP contribution in [0.25, 0.3) is 0 Å². The third-order valence-electron chi connectivity index (χ3n) is 3.46. The molecule has 0 bridgehead atoms. The first-order valence-electron chi connectivity index (χ1n) is 5.80. The second kappa shape index (κ2) is 4.63. The van der Waals surface area contributed by atoms with Gasteiger partial charge in [0, 0.05) is 6.04 Å². The lowest BCUT2D eigenvalue weighted by Gasteiger charge is -2.39. The summed E-state index contributed by atoms with van der Waals surface area (Å²) in [5.74, 6) is 0.739. The van der Waals surface area contributed by atoms with E-state index in [1.54, 1.807) is 0 Å². The van der Waals surface area contributed by atoms with Crippen LogP contribution in [-0.2, 0) is 0 Å². The smallest absolute Gasteiger partial charge is 0.0540 e. The average molecular weight is 199 g/mol. The molecule has 1 fully saturated rings. The number of rotatable bonds is 2. The summed E-state index contributed by atoms with van der Waals surface area (Å²) in [6.07, 6.45) is 4.27. The standard InChI is InChI=1S/C12H25NO/c1-12(2,3)11(13-4)9-5-7-10(14)8-6-9/h9-11,13-14H,5-8H2,1-4H3. The van der Waals surface area contributed by atoms with Crippen LogP contribution in [0.4, 0.5) is 0 Å². The Kier molecular flexibility index (Phi) is 3.96. The maximum atomic E-state index is 9.46. The Labute approximate surface area is 88.1 Å². The van der Waals surface area contributed by atoms with Gasteiger partial charge in [-0.2, -0.15) is 0 Å². The molecule has 14 heavy (non-hydrogen) atoms. The molecule has 84 valence electrons. The normalized spacial score (nSPS) is 31.5. The highest BCUT2D eigenvalue weighted by atomic mass is 16.3. The minimum absolute atomic E-state index is 0.0382. The van der Waals surface area contributed by atoms with Gasteiger partial charge in [0.1, 0.15) is 0 Å². The summed E-state index contributed by atoms with van der Waals surface area (Å²) in [5.41, 5.74) is 0.321. The number of nitrogens with one attached hydrogen (secondary N) is 1. The van der Waals surface area contributed by atoms with Crippen LogP contribution in [0.2, 0.25) is 0 Å². The highest BCUT2D eigenvalue weighted by molar-refractivity contribution is 4.88. The molecular formula is C12H25NO. The lowest BCUT2D eigenvalue weighted by molar-refractivity contribution is 0.0775. The van der Waals surface area contributed by atoms with Gasteiger partial charge >= 0.3 is 0 Å². The van der Waals surface area contributed by atoms with Crippen LogP contribution in [0.1, 0.15) is 46.5 Å². The second-order valence-electron chi connectivity index (χ2n) is 5.70. The molecular weight excluding hydrogens is 174 g/mol. The largest absolute Gasteiger partial charge is 0.393 e. The van der Waals surface area contributed by atoms with Crippen LogP contribution < -0.4 is 5.32 Å². The number of hydrogen-bond donors (Lipinski definition) is 2. The predicted molar refractivity (Wildman–Crippen MR) is 60.3 cm³/mol. The van der Waals surface area contributed by atoms with E-state index in [4.69, 9.17) is 0 Å². The van der Waals surface area contributed by atoms with Gasteiger partial charge in [-0.05, 0) is 44.1 Å². The third kappa shape index (κ3) is 2.96. The van der Waals surface area contributed by atoms with Gasteiger partial charge < -0.3 is 10.4 Å². The average Bonchev–Trinajstić information content (AvgIpc) is 2.07. The molecule has 2 heteroatoms. The van der Waals surface area contributed by atoms with Crippen molar-refractivity contribution in [3.63, 3.8) is 0 Å². The zero-order chi connectivity index (χ0) is 10.8. The van der Waals surface area contributed by atoms with Crippen molar-refractivity contribution in [1.82, 2.24) is 5.32 Å². The third-order valence-corrected chi connectivity index (χ3v) is 3.46. The van der Waals surface area contributed by atoms with Gasteiger partial charge in [-0.1, -0.05) is 20.8 Å². The first-order valence-corrected chi connectivity index (χ1v) is 5.80. The molecule has 2 nitrogen and oxygen atoms in total. The topological polar surface area (TPSA) is 32.3 Å². The van der Waals surface area contributed by atoms with E-state index in [-0.39, 0.29) is 6.10 Å². The molecule has 1 aliphatic rings. The molecule has 1 atom stereocenters. The van der Waals surface area contributed by atoms with Crippen LogP contribution >= 0.6 is 0 Å². The minimum Gasteiger partial charge on any atom is -0.393 e. The Morgan fingerprint density at radius 3 is 2.00 bits per heavy atom. The predicted octanol–water partition coefficient (Wildman–Crippen LogP) is 2.17. The van der Waals surface area contributed by atoms with E-state index in [0.29, 0.717) is 11.5 Å². The molecule has 0 saturated heterocycles. The van der Waals surface area contributed by atoms with Crippen LogP contribution in [0.3, 0.4) is 0 Å². The maximum Gasteiger partial charge on any atom is 0.0540 e. The lowest BCUT2D eigenvalue weighted by Crippen LogP contribution is -2.45. The van der Waals surface area contributed by atoms with Gasteiger partial charge in [0.25, 0.3) is 0 Å². The summed E-state index contributed by atoms with van der Waals surface area (Å²) in [7, 11) is 2.06. The first-order chi connectivity index (χ1) is 6.45. The van der Waals surface area contributed by atoms with Crippen LogP contribution in [-0.4, -0.2) is 24.3 Å². The number of hydrogen-bond acceptors (Lipinski definition) is 2. The molecule has 0 aromatic carbocycles. The van der Waals surface area contributed by atoms with E-state index in [9.17, 15) is 5.11 Å². The molecule has 0 aromatic rings. The van der Waals surface area contributed by atoms with Crippen molar-refractivity contribution in [2.75, 3.05) is 7.05 Å². The molecule has 2 N–H and O–H groups in total. The maximum absolute atomic E-state index is 9.46. The van der Waals surface area contributed by atoms with Gasteiger partial charge in [-0.3, -0.25) is 0 Å². The molecule has 1 aliphatic carbocycles. The van der Waals surface area contributed by atoms with Crippen LogP contribution in [0.5, 0.6) is 0 Å².